The van der Waals surface area contributed by atoms with Gasteiger partial charge in [0, 0.05) is 21.3 Å². The standard InChI is InChI=1S/C22H17Cl2FN2O2/c1-2-21(27-29-22(28)26-18-12-16(23)11-17(24)13-18)15-9-7-14(8-10-15)19-5-3-4-6-20(19)25/h3-13H,2H2,1H3,(H,26,28)/b27-21+. The van der Waals surface area contributed by atoms with Crippen LogP contribution in [0.4, 0.5) is 14.9 Å². The number of carbonyl (C=O) groups excluding carboxylic acids is 1. The van der Waals surface area contributed by atoms with E-state index in [4.69, 9.17) is 28.0 Å². The number of anilines is 1. The van der Waals surface area contributed by atoms with Crippen LogP contribution in [0.2, 0.25) is 10.0 Å². The Hall–Kier alpha value is -2.89. The normalized spacial score (nSPS) is 11.2. The lowest BCUT2D eigenvalue weighted by molar-refractivity contribution is 0.166. The molecule has 0 aliphatic carbocycles. The smallest absolute Gasteiger partial charge is 0.297 e. The van der Waals surface area contributed by atoms with E-state index >= 15 is 0 Å². The Morgan fingerprint density at radius 3 is 2.31 bits per heavy atom. The molecular weight excluding hydrogens is 414 g/mol. The third-order valence-electron chi connectivity index (χ3n) is 4.09. The molecule has 3 aromatic carbocycles. The second-order valence-electron chi connectivity index (χ2n) is 6.11. The fraction of sp³-hybridized carbons (Fsp3) is 0.0909. The van der Waals surface area contributed by atoms with Gasteiger partial charge in [0.15, 0.2) is 0 Å². The first-order valence-corrected chi connectivity index (χ1v) is 9.58. The molecule has 3 rings (SSSR count). The van der Waals surface area contributed by atoms with Crippen LogP contribution in [-0.4, -0.2) is 11.8 Å². The topological polar surface area (TPSA) is 50.7 Å². The van der Waals surface area contributed by atoms with E-state index in [1.165, 1.54) is 6.07 Å². The number of rotatable bonds is 5. The van der Waals surface area contributed by atoms with Crippen molar-refractivity contribution in [2.45, 2.75) is 13.3 Å². The molecule has 0 fully saturated rings. The molecule has 29 heavy (non-hydrogen) atoms. The van der Waals surface area contributed by atoms with Crippen molar-refractivity contribution in [3.05, 3.63) is 88.2 Å². The molecule has 148 valence electrons. The van der Waals surface area contributed by atoms with Crippen molar-refractivity contribution in [2.75, 3.05) is 5.32 Å². The number of amides is 1. The Morgan fingerprint density at radius 2 is 1.69 bits per heavy atom. The molecule has 7 heteroatoms. The maximum atomic E-state index is 13.9. The summed E-state index contributed by atoms with van der Waals surface area (Å²) in [5.74, 6) is -0.286. The van der Waals surface area contributed by atoms with Crippen molar-refractivity contribution in [3.63, 3.8) is 0 Å². The summed E-state index contributed by atoms with van der Waals surface area (Å²) in [6.07, 6.45) is -0.229. The highest BCUT2D eigenvalue weighted by Gasteiger charge is 2.09. The van der Waals surface area contributed by atoms with Crippen LogP contribution in [0.1, 0.15) is 18.9 Å². The molecule has 0 heterocycles. The zero-order valence-electron chi connectivity index (χ0n) is 15.5. The van der Waals surface area contributed by atoms with Crippen molar-refractivity contribution in [1.82, 2.24) is 0 Å². The summed E-state index contributed by atoms with van der Waals surface area (Å²) in [5.41, 5.74) is 3.01. The first-order valence-electron chi connectivity index (χ1n) is 8.82. The number of oxime groups is 1. The third-order valence-corrected chi connectivity index (χ3v) is 4.52. The van der Waals surface area contributed by atoms with E-state index in [1.54, 1.807) is 48.5 Å². The highest BCUT2D eigenvalue weighted by atomic mass is 35.5. The third kappa shape index (κ3) is 5.56. The molecule has 0 bridgehead atoms. The Balaban J connectivity index is 1.71. The number of hydrogen-bond acceptors (Lipinski definition) is 3. The second-order valence-corrected chi connectivity index (χ2v) is 6.98. The van der Waals surface area contributed by atoms with Gasteiger partial charge >= 0.3 is 6.09 Å². The summed E-state index contributed by atoms with van der Waals surface area (Å²) in [4.78, 5) is 17.0. The minimum absolute atomic E-state index is 0.286. The molecule has 0 aliphatic heterocycles. The van der Waals surface area contributed by atoms with Crippen molar-refractivity contribution >= 4 is 40.7 Å². The van der Waals surface area contributed by atoms with E-state index in [9.17, 15) is 9.18 Å². The maximum absolute atomic E-state index is 13.9. The lowest BCUT2D eigenvalue weighted by Crippen LogP contribution is -2.12. The quantitative estimate of drug-likeness (QED) is 0.265. The number of nitrogens with zero attached hydrogens (tertiary/aromatic N) is 1. The molecule has 0 aliphatic rings. The summed E-state index contributed by atoms with van der Waals surface area (Å²) in [6, 6.07) is 18.4. The Labute approximate surface area is 177 Å². The van der Waals surface area contributed by atoms with Gasteiger partial charge in [-0.15, -0.1) is 0 Å². The molecule has 0 aromatic heterocycles. The summed E-state index contributed by atoms with van der Waals surface area (Å²) in [7, 11) is 0. The maximum Gasteiger partial charge on any atom is 0.437 e. The van der Waals surface area contributed by atoms with Gasteiger partial charge in [-0.3, -0.25) is 10.2 Å². The van der Waals surface area contributed by atoms with Gasteiger partial charge in [0.1, 0.15) is 5.82 Å². The molecule has 0 radical (unpaired) electrons. The number of carbonyl (C=O) groups is 1. The summed E-state index contributed by atoms with van der Waals surface area (Å²) < 4.78 is 13.9. The van der Waals surface area contributed by atoms with Crippen LogP contribution in [-0.2, 0) is 4.84 Å². The fourth-order valence-electron chi connectivity index (χ4n) is 2.72. The van der Waals surface area contributed by atoms with Crippen molar-refractivity contribution < 1.29 is 14.0 Å². The van der Waals surface area contributed by atoms with Gasteiger partial charge in [-0.25, -0.2) is 9.18 Å². The molecule has 0 atom stereocenters. The van der Waals surface area contributed by atoms with Crippen LogP contribution in [0.25, 0.3) is 11.1 Å². The van der Waals surface area contributed by atoms with E-state index in [-0.39, 0.29) is 5.82 Å². The molecule has 0 unspecified atom stereocenters. The first-order chi connectivity index (χ1) is 14.0. The molecular formula is C22H17Cl2FN2O2. The van der Waals surface area contributed by atoms with E-state index in [0.717, 1.165) is 11.1 Å². The minimum atomic E-state index is -0.766. The molecule has 1 N–H and O–H groups in total. The monoisotopic (exact) mass is 430 g/mol. The lowest BCUT2D eigenvalue weighted by Gasteiger charge is -2.08. The summed E-state index contributed by atoms with van der Waals surface area (Å²) in [5, 5.41) is 7.23. The molecule has 0 spiro atoms. The van der Waals surface area contributed by atoms with E-state index in [2.05, 4.69) is 10.5 Å². The number of nitrogens with one attached hydrogen (secondary N) is 1. The van der Waals surface area contributed by atoms with Crippen LogP contribution in [0.5, 0.6) is 0 Å². The molecule has 0 saturated carbocycles. The predicted octanol–water partition coefficient (Wildman–Crippen LogP) is 7.16. The molecule has 0 saturated heterocycles. The fourth-order valence-corrected chi connectivity index (χ4v) is 3.25. The number of benzene rings is 3. The average Bonchev–Trinajstić information content (AvgIpc) is 2.68. The van der Waals surface area contributed by atoms with Gasteiger partial charge in [0.05, 0.1) is 5.71 Å². The van der Waals surface area contributed by atoms with E-state index in [0.29, 0.717) is 33.4 Å². The average molecular weight is 431 g/mol. The van der Waals surface area contributed by atoms with Crippen molar-refractivity contribution in [1.29, 1.82) is 0 Å². The number of hydrogen-bond donors (Lipinski definition) is 1. The van der Waals surface area contributed by atoms with E-state index in [1.807, 2.05) is 19.1 Å². The van der Waals surface area contributed by atoms with Gasteiger partial charge in [0.2, 0.25) is 0 Å². The predicted molar refractivity (Wildman–Crippen MR) is 115 cm³/mol. The van der Waals surface area contributed by atoms with E-state index < -0.39 is 6.09 Å². The first kappa shape index (κ1) is 20.8. The van der Waals surface area contributed by atoms with Gasteiger partial charge in [0.25, 0.3) is 0 Å². The lowest BCUT2D eigenvalue weighted by atomic mass is 10.0. The van der Waals surface area contributed by atoms with Gasteiger partial charge in [-0.05, 0) is 41.8 Å². The van der Waals surface area contributed by atoms with Crippen LogP contribution in [0.3, 0.4) is 0 Å². The summed E-state index contributed by atoms with van der Waals surface area (Å²) >= 11 is 11.8. The molecule has 4 nitrogen and oxygen atoms in total. The summed E-state index contributed by atoms with van der Waals surface area (Å²) in [6.45, 7) is 1.89. The SMILES string of the molecule is CC/C(=N\OC(=O)Nc1cc(Cl)cc(Cl)c1)c1ccc(-c2ccccc2F)cc1. The second kappa shape index (κ2) is 9.54. The zero-order chi connectivity index (χ0) is 20.8. The Morgan fingerprint density at radius 1 is 1.03 bits per heavy atom. The van der Waals surface area contributed by atoms with Gasteiger partial charge in [-0.1, -0.05) is 77.7 Å². The van der Waals surface area contributed by atoms with Crippen molar-refractivity contribution in [2.24, 2.45) is 5.16 Å². The highest BCUT2D eigenvalue weighted by Crippen LogP contribution is 2.24. The Kier molecular flexibility index (Phi) is 6.86. The van der Waals surface area contributed by atoms with Crippen LogP contribution >= 0.6 is 23.2 Å². The molecule has 3 aromatic rings. The van der Waals surface area contributed by atoms with Crippen LogP contribution < -0.4 is 5.32 Å². The van der Waals surface area contributed by atoms with Crippen LogP contribution in [0.15, 0.2) is 71.9 Å². The number of halogens is 3. The minimum Gasteiger partial charge on any atom is -0.297 e. The van der Waals surface area contributed by atoms with Crippen molar-refractivity contribution in [3.8, 4) is 11.1 Å². The van der Waals surface area contributed by atoms with Gasteiger partial charge < -0.3 is 0 Å². The van der Waals surface area contributed by atoms with Crippen LogP contribution in [0, 0.1) is 5.82 Å². The van der Waals surface area contributed by atoms with Gasteiger partial charge in [-0.2, -0.15) is 0 Å². The highest BCUT2D eigenvalue weighted by molar-refractivity contribution is 6.35. The zero-order valence-corrected chi connectivity index (χ0v) is 17.0. The largest absolute Gasteiger partial charge is 0.437 e. The Bertz CT molecular complexity index is 1030. The molecule has 1 amide bonds.